The molecule has 0 saturated heterocycles. The molecule has 4 nitrogen and oxygen atoms in total. The lowest BCUT2D eigenvalue weighted by atomic mass is 10.0. The van der Waals surface area contributed by atoms with Gasteiger partial charge in [0.15, 0.2) is 0 Å². The zero-order valence-electron chi connectivity index (χ0n) is 12.0. The van der Waals surface area contributed by atoms with E-state index >= 15 is 0 Å². The molecule has 0 heterocycles. The van der Waals surface area contributed by atoms with Crippen molar-refractivity contribution in [2.45, 2.75) is 38.1 Å². The summed E-state index contributed by atoms with van der Waals surface area (Å²) in [5.74, 6) is 0.803. The summed E-state index contributed by atoms with van der Waals surface area (Å²) >= 11 is 0. The van der Waals surface area contributed by atoms with Gasteiger partial charge in [0.1, 0.15) is 0 Å². The average Bonchev–Trinajstić information content (AvgIpc) is 2.84. The third kappa shape index (κ3) is 6.69. The van der Waals surface area contributed by atoms with E-state index in [1.165, 1.54) is 25.7 Å². The standard InChI is InChI=1S/C14H29NO3/c1-15-14-6-3-5-13(14)7-10-18-12-11-17-9-4-8-16-2/h13-15H,3-12H2,1-2H3. The monoisotopic (exact) mass is 259 g/mol. The lowest BCUT2D eigenvalue weighted by molar-refractivity contribution is 0.0352. The molecule has 0 amide bonds. The van der Waals surface area contributed by atoms with Crippen LogP contribution in [-0.2, 0) is 14.2 Å². The molecule has 108 valence electrons. The molecule has 1 fully saturated rings. The second kappa shape index (κ2) is 10.7. The van der Waals surface area contributed by atoms with Gasteiger partial charge in [-0.25, -0.2) is 0 Å². The van der Waals surface area contributed by atoms with Crippen LogP contribution >= 0.6 is 0 Å². The topological polar surface area (TPSA) is 39.7 Å². The van der Waals surface area contributed by atoms with E-state index in [9.17, 15) is 0 Å². The quantitative estimate of drug-likeness (QED) is 0.575. The van der Waals surface area contributed by atoms with Crippen LogP contribution in [0.2, 0.25) is 0 Å². The van der Waals surface area contributed by atoms with E-state index in [1.807, 2.05) is 0 Å². The van der Waals surface area contributed by atoms with Gasteiger partial charge in [-0.2, -0.15) is 0 Å². The van der Waals surface area contributed by atoms with E-state index in [0.29, 0.717) is 19.3 Å². The Morgan fingerprint density at radius 1 is 1.00 bits per heavy atom. The van der Waals surface area contributed by atoms with Gasteiger partial charge in [-0.3, -0.25) is 0 Å². The molecule has 0 aromatic carbocycles. The first-order valence-corrected chi connectivity index (χ1v) is 7.20. The Kier molecular flexibility index (Phi) is 9.48. The minimum atomic E-state index is 0.698. The molecule has 1 saturated carbocycles. The second-order valence-electron chi connectivity index (χ2n) is 4.95. The van der Waals surface area contributed by atoms with Crippen molar-refractivity contribution in [1.29, 1.82) is 0 Å². The molecule has 0 spiro atoms. The zero-order chi connectivity index (χ0) is 13.1. The third-order valence-electron chi connectivity index (χ3n) is 3.67. The first-order valence-electron chi connectivity index (χ1n) is 7.20. The molecule has 0 aromatic rings. The van der Waals surface area contributed by atoms with Crippen LogP contribution < -0.4 is 5.32 Å². The number of rotatable bonds is 11. The molecule has 2 unspecified atom stereocenters. The summed E-state index contributed by atoms with van der Waals surface area (Å²) in [6.07, 6.45) is 6.17. The highest BCUT2D eigenvalue weighted by Crippen LogP contribution is 2.27. The van der Waals surface area contributed by atoms with Crippen LogP contribution in [0.15, 0.2) is 0 Å². The molecule has 1 N–H and O–H groups in total. The van der Waals surface area contributed by atoms with E-state index in [0.717, 1.165) is 32.2 Å². The van der Waals surface area contributed by atoms with Crippen LogP contribution in [0.25, 0.3) is 0 Å². The van der Waals surface area contributed by atoms with E-state index in [1.54, 1.807) is 7.11 Å². The van der Waals surface area contributed by atoms with Gasteiger partial charge in [0.25, 0.3) is 0 Å². The lowest BCUT2D eigenvalue weighted by Gasteiger charge is -2.18. The Hall–Kier alpha value is -0.160. The van der Waals surface area contributed by atoms with Crippen LogP contribution in [0.1, 0.15) is 32.1 Å². The van der Waals surface area contributed by atoms with Crippen LogP contribution in [0, 0.1) is 5.92 Å². The SMILES string of the molecule is CNC1CCCC1CCOCCOCCCOC. The van der Waals surface area contributed by atoms with Gasteiger partial charge in [0.05, 0.1) is 13.2 Å². The molecule has 1 aliphatic carbocycles. The average molecular weight is 259 g/mol. The van der Waals surface area contributed by atoms with Gasteiger partial charge < -0.3 is 19.5 Å². The predicted molar refractivity (Wildman–Crippen MR) is 72.9 cm³/mol. The van der Waals surface area contributed by atoms with E-state index in [4.69, 9.17) is 14.2 Å². The highest BCUT2D eigenvalue weighted by molar-refractivity contribution is 4.81. The van der Waals surface area contributed by atoms with Crippen molar-refractivity contribution < 1.29 is 14.2 Å². The molecule has 0 aromatic heterocycles. The van der Waals surface area contributed by atoms with Crippen LogP contribution in [-0.4, -0.2) is 53.2 Å². The third-order valence-corrected chi connectivity index (χ3v) is 3.67. The number of ether oxygens (including phenoxy) is 3. The summed E-state index contributed by atoms with van der Waals surface area (Å²) in [6, 6.07) is 0.707. The summed E-state index contributed by atoms with van der Waals surface area (Å²) in [7, 11) is 3.78. The van der Waals surface area contributed by atoms with Gasteiger partial charge in [-0.15, -0.1) is 0 Å². The van der Waals surface area contributed by atoms with Crippen molar-refractivity contribution in [2.24, 2.45) is 5.92 Å². The maximum atomic E-state index is 5.61. The smallest absolute Gasteiger partial charge is 0.0700 e. The summed E-state index contributed by atoms with van der Waals surface area (Å²) in [4.78, 5) is 0. The summed E-state index contributed by atoms with van der Waals surface area (Å²) in [5.41, 5.74) is 0. The van der Waals surface area contributed by atoms with Crippen molar-refractivity contribution in [3.63, 3.8) is 0 Å². The maximum absolute atomic E-state index is 5.61. The fourth-order valence-electron chi connectivity index (χ4n) is 2.62. The van der Waals surface area contributed by atoms with Crippen molar-refractivity contribution in [1.82, 2.24) is 5.32 Å². The van der Waals surface area contributed by atoms with Crippen molar-refractivity contribution >= 4 is 0 Å². The van der Waals surface area contributed by atoms with Gasteiger partial charge >= 0.3 is 0 Å². The van der Waals surface area contributed by atoms with Crippen molar-refractivity contribution in [2.75, 3.05) is 47.2 Å². The van der Waals surface area contributed by atoms with Gasteiger partial charge in [0, 0.05) is 33.0 Å². The van der Waals surface area contributed by atoms with Crippen LogP contribution in [0.3, 0.4) is 0 Å². The van der Waals surface area contributed by atoms with Crippen LogP contribution in [0.5, 0.6) is 0 Å². The van der Waals surface area contributed by atoms with Crippen molar-refractivity contribution in [3.05, 3.63) is 0 Å². The Bertz CT molecular complexity index is 190. The predicted octanol–water partition coefficient (Wildman–Crippen LogP) is 1.83. The molecule has 4 heteroatoms. The minimum Gasteiger partial charge on any atom is -0.385 e. The second-order valence-corrected chi connectivity index (χ2v) is 4.95. The first kappa shape index (κ1) is 15.9. The summed E-state index contributed by atoms with van der Waals surface area (Å²) in [6.45, 7) is 3.81. The summed E-state index contributed by atoms with van der Waals surface area (Å²) < 4.78 is 16.0. The molecule has 2 atom stereocenters. The fraction of sp³-hybridized carbons (Fsp3) is 1.00. The molecule has 0 aliphatic heterocycles. The fourth-order valence-corrected chi connectivity index (χ4v) is 2.62. The number of methoxy groups -OCH3 is 1. The molecule has 0 bridgehead atoms. The highest BCUT2D eigenvalue weighted by Gasteiger charge is 2.24. The Morgan fingerprint density at radius 2 is 1.78 bits per heavy atom. The molecule has 1 rings (SSSR count). The molecular weight excluding hydrogens is 230 g/mol. The van der Waals surface area contributed by atoms with E-state index < -0.39 is 0 Å². The largest absolute Gasteiger partial charge is 0.385 e. The molecule has 0 radical (unpaired) electrons. The number of nitrogens with one attached hydrogen (secondary N) is 1. The molecular formula is C14H29NO3. The maximum Gasteiger partial charge on any atom is 0.0700 e. The Labute approximate surface area is 111 Å². The van der Waals surface area contributed by atoms with E-state index in [2.05, 4.69) is 12.4 Å². The van der Waals surface area contributed by atoms with Crippen LogP contribution in [0.4, 0.5) is 0 Å². The number of hydrogen-bond acceptors (Lipinski definition) is 4. The first-order chi connectivity index (χ1) is 8.88. The van der Waals surface area contributed by atoms with Gasteiger partial charge in [0.2, 0.25) is 0 Å². The Balaban J connectivity index is 1.83. The van der Waals surface area contributed by atoms with Gasteiger partial charge in [-0.05, 0) is 38.6 Å². The highest BCUT2D eigenvalue weighted by atomic mass is 16.5. The summed E-state index contributed by atoms with van der Waals surface area (Å²) in [5, 5.41) is 3.40. The van der Waals surface area contributed by atoms with E-state index in [-0.39, 0.29) is 0 Å². The van der Waals surface area contributed by atoms with Crippen molar-refractivity contribution in [3.8, 4) is 0 Å². The molecule has 1 aliphatic rings. The molecule has 18 heavy (non-hydrogen) atoms. The minimum absolute atomic E-state index is 0.698. The lowest BCUT2D eigenvalue weighted by Crippen LogP contribution is -2.29. The Morgan fingerprint density at radius 3 is 2.50 bits per heavy atom. The number of hydrogen-bond donors (Lipinski definition) is 1. The zero-order valence-corrected chi connectivity index (χ0v) is 12.0. The normalized spacial score (nSPS) is 23.7. The van der Waals surface area contributed by atoms with Gasteiger partial charge in [-0.1, -0.05) is 6.42 Å².